The Bertz CT molecular complexity index is 849. The molecular formula is C18H21FN2O3S. The summed E-state index contributed by atoms with van der Waals surface area (Å²) in [6.45, 7) is 3.82. The largest absolute Gasteiger partial charge is 0.355 e. The van der Waals surface area contributed by atoms with Crippen LogP contribution in [0.15, 0.2) is 47.4 Å². The lowest BCUT2D eigenvalue weighted by molar-refractivity contribution is -0.120. The third-order valence-corrected chi connectivity index (χ3v) is 5.25. The van der Waals surface area contributed by atoms with Crippen LogP contribution in [0.4, 0.5) is 4.39 Å². The Kier molecular flexibility index (Phi) is 6.27. The maximum Gasteiger partial charge on any atom is 0.240 e. The van der Waals surface area contributed by atoms with Gasteiger partial charge in [-0.15, -0.1) is 0 Å². The summed E-state index contributed by atoms with van der Waals surface area (Å²) in [5.74, 6) is -0.609. The minimum absolute atomic E-state index is 0.0882. The molecule has 0 radical (unpaired) electrons. The van der Waals surface area contributed by atoms with Crippen LogP contribution in [-0.4, -0.2) is 27.4 Å². The van der Waals surface area contributed by atoms with Crippen molar-refractivity contribution in [2.75, 3.05) is 13.1 Å². The zero-order valence-corrected chi connectivity index (χ0v) is 15.0. The van der Waals surface area contributed by atoms with Crippen molar-refractivity contribution in [2.24, 2.45) is 0 Å². The molecule has 0 aliphatic heterocycles. The van der Waals surface area contributed by atoms with E-state index in [2.05, 4.69) is 10.0 Å². The number of hydrogen-bond donors (Lipinski definition) is 2. The molecule has 5 nitrogen and oxygen atoms in total. The summed E-state index contributed by atoms with van der Waals surface area (Å²) in [5.41, 5.74) is 2.21. The SMILES string of the molecule is Cc1ccc(C)c(S(=O)(=O)NCCNC(=O)Cc2ccc(F)cc2)c1. The second-order valence-electron chi connectivity index (χ2n) is 5.82. The molecule has 134 valence electrons. The molecule has 0 atom stereocenters. The molecule has 0 aliphatic rings. The van der Waals surface area contributed by atoms with Crippen molar-refractivity contribution < 1.29 is 17.6 Å². The van der Waals surface area contributed by atoms with Gasteiger partial charge in [0.25, 0.3) is 0 Å². The van der Waals surface area contributed by atoms with E-state index in [-0.39, 0.29) is 36.1 Å². The molecule has 2 N–H and O–H groups in total. The maximum atomic E-state index is 12.8. The Balaban J connectivity index is 1.82. The Morgan fingerprint density at radius 3 is 2.40 bits per heavy atom. The highest BCUT2D eigenvalue weighted by atomic mass is 32.2. The summed E-state index contributed by atoms with van der Waals surface area (Å²) in [6.07, 6.45) is 0.115. The zero-order valence-electron chi connectivity index (χ0n) is 14.2. The highest BCUT2D eigenvalue weighted by Gasteiger charge is 2.16. The van der Waals surface area contributed by atoms with Gasteiger partial charge in [-0.25, -0.2) is 17.5 Å². The van der Waals surface area contributed by atoms with Gasteiger partial charge in [-0.1, -0.05) is 24.3 Å². The Morgan fingerprint density at radius 2 is 1.72 bits per heavy atom. The number of halogens is 1. The second-order valence-corrected chi connectivity index (χ2v) is 7.56. The van der Waals surface area contributed by atoms with E-state index in [9.17, 15) is 17.6 Å². The van der Waals surface area contributed by atoms with Crippen LogP contribution in [0.5, 0.6) is 0 Å². The number of nitrogens with one attached hydrogen (secondary N) is 2. The van der Waals surface area contributed by atoms with E-state index in [0.29, 0.717) is 11.1 Å². The second kappa shape index (κ2) is 8.22. The van der Waals surface area contributed by atoms with Crippen LogP contribution in [0.3, 0.4) is 0 Å². The van der Waals surface area contributed by atoms with Gasteiger partial charge in [-0.2, -0.15) is 0 Å². The van der Waals surface area contributed by atoms with Gasteiger partial charge in [-0.3, -0.25) is 4.79 Å². The molecule has 0 aromatic heterocycles. The summed E-state index contributed by atoms with van der Waals surface area (Å²) in [4.78, 5) is 12.0. The summed E-state index contributed by atoms with van der Waals surface area (Å²) in [7, 11) is -3.62. The molecule has 0 spiro atoms. The van der Waals surface area contributed by atoms with Gasteiger partial charge in [0.2, 0.25) is 15.9 Å². The highest BCUT2D eigenvalue weighted by Crippen LogP contribution is 2.16. The van der Waals surface area contributed by atoms with Crippen LogP contribution in [0.2, 0.25) is 0 Å². The number of amides is 1. The van der Waals surface area contributed by atoms with Crippen LogP contribution < -0.4 is 10.0 Å². The van der Waals surface area contributed by atoms with Crippen molar-refractivity contribution in [3.63, 3.8) is 0 Å². The summed E-state index contributed by atoms with van der Waals surface area (Å²) in [6, 6.07) is 10.9. The van der Waals surface area contributed by atoms with Gasteiger partial charge in [0.05, 0.1) is 11.3 Å². The summed E-state index contributed by atoms with van der Waals surface area (Å²) < 4.78 is 39.9. The van der Waals surface area contributed by atoms with Crippen LogP contribution in [0, 0.1) is 19.7 Å². The van der Waals surface area contributed by atoms with E-state index in [1.807, 2.05) is 13.0 Å². The standard InChI is InChI=1S/C18H21FN2O3S/c1-13-3-4-14(2)17(11-13)25(23,24)21-10-9-20-18(22)12-15-5-7-16(19)8-6-15/h3-8,11,21H,9-10,12H2,1-2H3,(H,20,22). The molecule has 0 bridgehead atoms. The fourth-order valence-corrected chi connectivity index (χ4v) is 3.67. The predicted molar refractivity (Wildman–Crippen MR) is 94.2 cm³/mol. The Labute approximate surface area is 147 Å². The van der Waals surface area contributed by atoms with Crippen molar-refractivity contribution in [1.29, 1.82) is 0 Å². The average Bonchev–Trinajstić information content (AvgIpc) is 2.56. The molecule has 0 heterocycles. The molecule has 0 fully saturated rings. The molecular weight excluding hydrogens is 343 g/mol. The van der Waals surface area contributed by atoms with E-state index < -0.39 is 10.0 Å². The number of rotatable bonds is 7. The normalized spacial score (nSPS) is 11.3. The first-order valence-corrected chi connectivity index (χ1v) is 9.34. The first kappa shape index (κ1) is 19.1. The lowest BCUT2D eigenvalue weighted by atomic mass is 10.1. The van der Waals surface area contributed by atoms with Crippen molar-refractivity contribution in [3.8, 4) is 0 Å². The molecule has 2 aromatic rings. The number of carbonyl (C=O) groups is 1. The van der Waals surface area contributed by atoms with E-state index in [1.165, 1.54) is 24.3 Å². The van der Waals surface area contributed by atoms with Gasteiger partial charge in [0.1, 0.15) is 5.82 Å². The third-order valence-electron chi connectivity index (χ3n) is 3.65. The number of sulfonamides is 1. The van der Waals surface area contributed by atoms with Gasteiger partial charge in [0.15, 0.2) is 0 Å². The minimum Gasteiger partial charge on any atom is -0.355 e. The van der Waals surface area contributed by atoms with Crippen LogP contribution in [0.25, 0.3) is 0 Å². The number of aryl methyl sites for hydroxylation is 2. The fraction of sp³-hybridized carbons (Fsp3) is 0.278. The van der Waals surface area contributed by atoms with Gasteiger partial charge >= 0.3 is 0 Å². The van der Waals surface area contributed by atoms with Crippen molar-refractivity contribution in [1.82, 2.24) is 10.0 Å². The topological polar surface area (TPSA) is 75.3 Å². The van der Waals surface area contributed by atoms with E-state index >= 15 is 0 Å². The van der Waals surface area contributed by atoms with E-state index in [4.69, 9.17) is 0 Å². The maximum absolute atomic E-state index is 12.8. The molecule has 2 rings (SSSR count). The van der Waals surface area contributed by atoms with Gasteiger partial charge in [-0.05, 0) is 48.7 Å². The Hall–Kier alpha value is -2.25. The average molecular weight is 364 g/mol. The lowest BCUT2D eigenvalue weighted by Gasteiger charge is -2.11. The Morgan fingerprint density at radius 1 is 1.04 bits per heavy atom. The quantitative estimate of drug-likeness (QED) is 0.739. The monoisotopic (exact) mass is 364 g/mol. The first-order chi connectivity index (χ1) is 11.8. The van der Waals surface area contributed by atoms with Crippen molar-refractivity contribution >= 4 is 15.9 Å². The molecule has 0 aliphatic carbocycles. The zero-order chi connectivity index (χ0) is 18.4. The van der Waals surface area contributed by atoms with Crippen molar-refractivity contribution in [2.45, 2.75) is 25.2 Å². The summed E-state index contributed by atoms with van der Waals surface area (Å²) >= 11 is 0. The van der Waals surface area contributed by atoms with Crippen LogP contribution in [-0.2, 0) is 21.2 Å². The number of hydrogen-bond acceptors (Lipinski definition) is 3. The molecule has 2 aromatic carbocycles. The third kappa shape index (κ3) is 5.65. The van der Waals surface area contributed by atoms with Gasteiger partial charge in [0, 0.05) is 13.1 Å². The predicted octanol–water partition coefficient (Wildman–Crippen LogP) is 2.08. The molecule has 0 saturated carbocycles. The molecule has 1 amide bonds. The summed E-state index contributed by atoms with van der Waals surface area (Å²) in [5, 5.41) is 2.64. The van der Waals surface area contributed by atoms with E-state index in [1.54, 1.807) is 19.1 Å². The van der Waals surface area contributed by atoms with Crippen LogP contribution >= 0.6 is 0 Å². The lowest BCUT2D eigenvalue weighted by Crippen LogP contribution is -2.35. The molecule has 7 heteroatoms. The highest BCUT2D eigenvalue weighted by molar-refractivity contribution is 7.89. The van der Waals surface area contributed by atoms with Crippen LogP contribution in [0.1, 0.15) is 16.7 Å². The van der Waals surface area contributed by atoms with Gasteiger partial charge < -0.3 is 5.32 Å². The number of benzene rings is 2. The first-order valence-electron chi connectivity index (χ1n) is 7.86. The fourth-order valence-electron chi connectivity index (χ4n) is 2.31. The minimum atomic E-state index is -3.62. The molecule has 25 heavy (non-hydrogen) atoms. The molecule has 0 saturated heterocycles. The van der Waals surface area contributed by atoms with E-state index in [0.717, 1.165) is 5.56 Å². The number of carbonyl (C=O) groups excluding carboxylic acids is 1. The smallest absolute Gasteiger partial charge is 0.240 e. The van der Waals surface area contributed by atoms with Crippen molar-refractivity contribution in [3.05, 3.63) is 65.0 Å². The molecule has 0 unspecified atom stereocenters.